The molecule has 3 heterocycles. The van der Waals surface area contributed by atoms with Gasteiger partial charge in [-0.1, -0.05) is 18.2 Å². The maximum atomic E-state index is 13.9. The molecule has 0 saturated carbocycles. The van der Waals surface area contributed by atoms with Crippen molar-refractivity contribution in [3.63, 3.8) is 0 Å². The van der Waals surface area contributed by atoms with Crippen molar-refractivity contribution < 1.29 is 9.18 Å². The number of carbonyl (C=O) groups excluding carboxylic acids is 1. The Balaban J connectivity index is 1.30. The van der Waals surface area contributed by atoms with Crippen LogP contribution in [0.25, 0.3) is 0 Å². The number of rotatable bonds is 6. The van der Waals surface area contributed by atoms with Crippen LogP contribution in [0.4, 0.5) is 4.39 Å². The van der Waals surface area contributed by atoms with Gasteiger partial charge in [-0.2, -0.15) is 0 Å². The summed E-state index contributed by atoms with van der Waals surface area (Å²) in [6.07, 6.45) is 6.17. The number of halogens is 1. The van der Waals surface area contributed by atoms with Crippen LogP contribution in [0, 0.1) is 5.82 Å². The van der Waals surface area contributed by atoms with E-state index < -0.39 is 0 Å². The van der Waals surface area contributed by atoms with Crippen LogP contribution in [-0.4, -0.2) is 52.9 Å². The Morgan fingerprint density at radius 1 is 1.14 bits per heavy atom. The first-order valence-corrected chi connectivity index (χ1v) is 10.9. The fourth-order valence-corrected chi connectivity index (χ4v) is 4.92. The molecular formula is C21H27FN4OS. The first-order valence-electron chi connectivity index (χ1n) is 10.1. The number of nitrogens with zero attached hydrogens (tertiary/aromatic N) is 3. The van der Waals surface area contributed by atoms with E-state index in [0.29, 0.717) is 17.0 Å². The van der Waals surface area contributed by atoms with Gasteiger partial charge in [-0.25, -0.2) is 9.37 Å². The number of hydrogen-bond donors (Lipinski definition) is 1. The van der Waals surface area contributed by atoms with Gasteiger partial charge >= 0.3 is 0 Å². The summed E-state index contributed by atoms with van der Waals surface area (Å²) in [5, 5.41) is 4.17. The second-order valence-electron chi connectivity index (χ2n) is 7.74. The Bertz CT molecular complexity index is 805. The Morgan fingerprint density at radius 2 is 1.93 bits per heavy atom. The van der Waals surface area contributed by atoms with Gasteiger partial charge in [0.25, 0.3) is 5.91 Å². The van der Waals surface area contributed by atoms with Crippen molar-refractivity contribution in [1.82, 2.24) is 20.1 Å². The highest BCUT2D eigenvalue weighted by atomic mass is 32.1. The van der Waals surface area contributed by atoms with Crippen molar-refractivity contribution in [2.24, 2.45) is 0 Å². The molecule has 1 N–H and O–H groups in total. The number of nitrogens with one attached hydrogen (secondary N) is 1. The van der Waals surface area contributed by atoms with Crippen LogP contribution in [0.15, 0.2) is 30.5 Å². The lowest BCUT2D eigenvalue weighted by atomic mass is 10.0. The van der Waals surface area contributed by atoms with Crippen LogP contribution >= 0.6 is 11.3 Å². The smallest absolute Gasteiger partial charge is 0.263 e. The summed E-state index contributed by atoms with van der Waals surface area (Å²) in [4.78, 5) is 22.4. The Morgan fingerprint density at radius 3 is 2.75 bits per heavy atom. The van der Waals surface area contributed by atoms with Gasteiger partial charge < -0.3 is 5.32 Å². The number of benzene rings is 1. The Labute approximate surface area is 169 Å². The molecule has 7 heteroatoms. The average Bonchev–Trinajstić information content (AvgIpc) is 3.37. The molecule has 150 valence electrons. The molecule has 0 spiro atoms. The van der Waals surface area contributed by atoms with E-state index in [1.807, 2.05) is 12.1 Å². The molecule has 1 atom stereocenters. The third kappa shape index (κ3) is 4.96. The van der Waals surface area contributed by atoms with Crippen LogP contribution in [0.5, 0.6) is 0 Å². The summed E-state index contributed by atoms with van der Waals surface area (Å²) >= 11 is 1.49. The van der Waals surface area contributed by atoms with E-state index in [4.69, 9.17) is 0 Å². The van der Waals surface area contributed by atoms with E-state index >= 15 is 0 Å². The molecule has 1 aromatic heterocycles. The third-order valence-electron chi connectivity index (χ3n) is 5.53. The molecule has 2 aromatic rings. The highest BCUT2D eigenvalue weighted by Crippen LogP contribution is 2.20. The molecule has 2 fully saturated rings. The normalized spacial score (nSPS) is 21.1. The van der Waals surface area contributed by atoms with Gasteiger partial charge in [0.05, 0.1) is 12.7 Å². The van der Waals surface area contributed by atoms with Crippen molar-refractivity contribution in [2.45, 2.75) is 44.8 Å². The molecule has 2 saturated heterocycles. The summed E-state index contributed by atoms with van der Waals surface area (Å²) < 4.78 is 13.9. The number of likely N-dealkylation sites (tertiary alicyclic amines) is 2. The monoisotopic (exact) mass is 402 g/mol. The van der Waals surface area contributed by atoms with E-state index in [1.165, 1.54) is 30.2 Å². The summed E-state index contributed by atoms with van der Waals surface area (Å²) in [6.45, 7) is 5.36. The van der Waals surface area contributed by atoms with Crippen molar-refractivity contribution in [3.05, 3.63) is 51.7 Å². The number of carbonyl (C=O) groups is 1. The van der Waals surface area contributed by atoms with Crippen molar-refractivity contribution in [3.8, 4) is 0 Å². The number of aromatic nitrogens is 1. The molecule has 0 aliphatic carbocycles. The highest BCUT2D eigenvalue weighted by molar-refractivity contribution is 7.13. The van der Waals surface area contributed by atoms with Crippen LogP contribution in [0.3, 0.4) is 0 Å². The van der Waals surface area contributed by atoms with Crippen molar-refractivity contribution in [1.29, 1.82) is 0 Å². The minimum atomic E-state index is -0.163. The van der Waals surface area contributed by atoms with Crippen LogP contribution in [0.2, 0.25) is 0 Å². The summed E-state index contributed by atoms with van der Waals surface area (Å²) in [7, 11) is 0. The number of piperidine rings is 1. The van der Waals surface area contributed by atoms with Crippen LogP contribution in [0.1, 0.15) is 45.9 Å². The van der Waals surface area contributed by atoms with Crippen molar-refractivity contribution in [2.75, 3.05) is 26.2 Å². The third-order valence-corrected chi connectivity index (χ3v) is 6.51. The zero-order chi connectivity index (χ0) is 19.3. The number of amides is 1. The Hall–Kier alpha value is -1.83. The molecule has 4 rings (SSSR count). The molecule has 28 heavy (non-hydrogen) atoms. The van der Waals surface area contributed by atoms with Gasteiger partial charge in [-0.05, 0) is 51.4 Å². The Kier molecular flexibility index (Phi) is 6.34. The predicted octanol–water partition coefficient (Wildman–Crippen LogP) is 3.27. The summed E-state index contributed by atoms with van der Waals surface area (Å²) in [6, 6.07) is 7.01. The van der Waals surface area contributed by atoms with Gasteiger partial charge in [0.1, 0.15) is 15.7 Å². The van der Waals surface area contributed by atoms with Crippen LogP contribution in [-0.2, 0) is 13.1 Å². The fraction of sp³-hybridized carbons (Fsp3) is 0.524. The molecule has 1 aromatic carbocycles. The first kappa shape index (κ1) is 19.5. The summed E-state index contributed by atoms with van der Waals surface area (Å²) in [5.74, 6) is -0.202. The van der Waals surface area contributed by atoms with Crippen molar-refractivity contribution >= 4 is 17.2 Å². The minimum Gasteiger partial charge on any atom is -0.347 e. The number of thiazole rings is 1. The van der Waals surface area contributed by atoms with E-state index in [-0.39, 0.29) is 17.8 Å². The lowest BCUT2D eigenvalue weighted by Crippen LogP contribution is -2.47. The fourth-order valence-electron chi connectivity index (χ4n) is 4.06. The van der Waals surface area contributed by atoms with Gasteiger partial charge in [0.15, 0.2) is 0 Å². The second-order valence-corrected chi connectivity index (χ2v) is 8.86. The molecule has 2 aliphatic rings. The predicted molar refractivity (Wildman–Crippen MR) is 109 cm³/mol. The quantitative estimate of drug-likeness (QED) is 0.806. The molecule has 0 unspecified atom stereocenters. The van der Waals surface area contributed by atoms with Gasteiger partial charge in [0, 0.05) is 24.7 Å². The molecule has 1 amide bonds. The van der Waals surface area contributed by atoms with Gasteiger partial charge in [0.2, 0.25) is 0 Å². The highest BCUT2D eigenvalue weighted by Gasteiger charge is 2.23. The molecule has 5 nitrogen and oxygen atoms in total. The topological polar surface area (TPSA) is 48.5 Å². The molecule has 2 aliphatic heterocycles. The standard InChI is InChI=1S/C21H27FN4OS/c22-18-8-2-1-6-16(18)13-26-11-5-7-17(14-26)24-21(27)19-12-23-20(28-19)15-25-9-3-4-10-25/h1-2,6,8,12,17H,3-5,7,9-11,13-15H2,(H,24,27)/t17-/m0/s1. The van der Waals surface area contributed by atoms with Crippen LogP contribution < -0.4 is 5.32 Å². The average molecular weight is 403 g/mol. The lowest BCUT2D eigenvalue weighted by molar-refractivity contribution is 0.0904. The molecular weight excluding hydrogens is 375 g/mol. The lowest BCUT2D eigenvalue weighted by Gasteiger charge is -2.33. The summed E-state index contributed by atoms with van der Waals surface area (Å²) in [5.41, 5.74) is 0.712. The molecule has 0 bridgehead atoms. The van der Waals surface area contributed by atoms with E-state index in [1.54, 1.807) is 12.3 Å². The zero-order valence-corrected chi connectivity index (χ0v) is 16.9. The largest absolute Gasteiger partial charge is 0.347 e. The zero-order valence-electron chi connectivity index (χ0n) is 16.1. The number of hydrogen-bond acceptors (Lipinski definition) is 5. The maximum absolute atomic E-state index is 13.9. The van der Waals surface area contributed by atoms with E-state index in [2.05, 4.69) is 20.1 Å². The van der Waals surface area contributed by atoms with Gasteiger partial charge in [-0.15, -0.1) is 11.3 Å². The minimum absolute atomic E-state index is 0.0390. The van der Waals surface area contributed by atoms with E-state index in [9.17, 15) is 9.18 Å². The SMILES string of the molecule is O=C(N[C@H]1CCCN(Cc2ccccc2F)C1)c1cnc(CN2CCCC2)s1. The van der Waals surface area contributed by atoms with E-state index in [0.717, 1.165) is 50.6 Å². The molecule has 0 radical (unpaired) electrons. The van der Waals surface area contributed by atoms with Gasteiger partial charge in [-0.3, -0.25) is 14.6 Å². The first-order chi connectivity index (χ1) is 13.7. The second kappa shape index (κ2) is 9.11. The maximum Gasteiger partial charge on any atom is 0.263 e.